The van der Waals surface area contributed by atoms with Crippen molar-refractivity contribution in [2.75, 3.05) is 0 Å². The maximum atomic E-state index is 5.82. The van der Waals surface area contributed by atoms with E-state index in [0.717, 1.165) is 6.42 Å². The van der Waals surface area contributed by atoms with Gasteiger partial charge in [-0.05, 0) is 48.2 Å². The molecule has 0 spiro atoms. The summed E-state index contributed by atoms with van der Waals surface area (Å²) in [5.41, 5.74) is 8.15. The zero-order valence-electron chi connectivity index (χ0n) is 12.4. The van der Waals surface area contributed by atoms with Gasteiger partial charge in [0.25, 0.3) is 0 Å². The van der Waals surface area contributed by atoms with Crippen molar-refractivity contribution in [3.63, 3.8) is 0 Å². The average Bonchev–Trinajstić information content (AvgIpc) is 2.87. The van der Waals surface area contributed by atoms with Crippen molar-refractivity contribution >= 4 is 21.4 Å². The van der Waals surface area contributed by atoms with E-state index in [1.807, 2.05) is 0 Å². The van der Waals surface area contributed by atoms with Crippen molar-refractivity contribution < 1.29 is 0 Å². The number of nitrogens with one attached hydrogen (secondary N) is 1. The highest BCUT2D eigenvalue weighted by molar-refractivity contribution is 7.17. The third-order valence-corrected chi connectivity index (χ3v) is 4.85. The van der Waals surface area contributed by atoms with Crippen LogP contribution in [-0.2, 0) is 6.42 Å². The Balaban J connectivity index is 1.94. The van der Waals surface area contributed by atoms with E-state index >= 15 is 0 Å². The van der Waals surface area contributed by atoms with Gasteiger partial charge < -0.3 is 0 Å². The van der Waals surface area contributed by atoms with Gasteiger partial charge in [0.2, 0.25) is 0 Å². The van der Waals surface area contributed by atoms with Crippen molar-refractivity contribution in [3.05, 3.63) is 70.1 Å². The second-order valence-electron chi connectivity index (χ2n) is 5.60. The Morgan fingerprint density at radius 3 is 2.52 bits per heavy atom. The fourth-order valence-corrected chi connectivity index (χ4v) is 3.87. The first kappa shape index (κ1) is 14.3. The molecule has 0 radical (unpaired) electrons. The third-order valence-electron chi connectivity index (χ3n) is 3.83. The summed E-state index contributed by atoms with van der Waals surface area (Å²) >= 11 is 1.80. The molecule has 0 aliphatic carbocycles. The molecule has 0 aliphatic rings. The van der Waals surface area contributed by atoms with Gasteiger partial charge in [-0.15, -0.1) is 11.3 Å². The Hall–Kier alpha value is -1.68. The van der Waals surface area contributed by atoms with Gasteiger partial charge in [-0.3, -0.25) is 11.3 Å². The van der Waals surface area contributed by atoms with Crippen LogP contribution in [0, 0.1) is 13.8 Å². The number of nitrogens with two attached hydrogens (primary N) is 1. The topological polar surface area (TPSA) is 38.0 Å². The van der Waals surface area contributed by atoms with Crippen molar-refractivity contribution in [1.82, 2.24) is 5.43 Å². The molecule has 21 heavy (non-hydrogen) atoms. The molecule has 3 heteroatoms. The summed E-state index contributed by atoms with van der Waals surface area (Å²) in [4.78, 5) is 0. The first-order chi connectivity index (χ1) is 10.2. The molecule has 1 heterocycles. The lowest BCUT2D eigenvalue weighted by Gasteiger charge is -2.17. The summed E-state index contributed by atoms with van der Waals surface area (Å²) in [5.74, 6) is 5.82. The van der Waals surface area contributed by atoms with Gasteiger partial charge in [0.1, 0.15) is 0 Å². The van der Waals surface area contributed by atoms with E-state index in [1.54, 1.807) is 11.3 Å². The van der Waals surface area contributed by atoms with E-state index in [9.17, 15) is 0 Å². The lowest BCUT2D eigenvalue weighted by Crippen LogP contribution is -2.29. The van der Waals surface area contributed by atoms with Crippen LogP contribution in [0.2, 0.25) is 0 Å². The van der Waals surface area contributed by atoms with Crippen LogP contribution in [-0.4, -0.2) is 0 Å². The second-order valence-corrected chi connectivity index (χ2v) is 6.51. The van der Waals surface area contributed by atoms with Crippen LogP contribution in [0.25, 0.3) is 10.1 Å². The van der Waals surface area contributed by atoms with E-state index in [4.69, 9.17) is 5.84 Å². The second kappa shape index (κ2) is 5.98. The Bertz CT molecular complexity index is 741. The molecule has 0 saturated heterocycles. The highest BCUT2D eigenvalue weighted by atomic mass is 32.1. The molecule has 3 rings (SSSR count). The smallest absolute Gasteiger partial charge is 0.0500 e. The standard InChI is InChI=1S/C18H20N2S/c1-12-7-13(2)9-14(8-12)17(20-19)10-15-11-21-18-6-4-3-5-16(15)18/h3-9,11,17,20H,10,19H2,1-2H3. The van der Waals surface area contributed by atoms with Crippen molar-refractivity contribution in [2.24, 2.45) is 5.84 Å². The first-order valence-corrected chi connectivity index (χ1v) is 8.05. The quantitative estimate of drug-likeness (QED) is 0.557. The van der Waals surface area contributed by atoms with Crippen LogP contribution < -0.4 is 11.3 Å². The molecule has 0 amide bonds. The van der Waals surface area contributed by atoms with Gasteiger partial charge in [0, 0.05) is 4.70 Å². The Morgan fingerprint density at radius 2 is 1.81 bits per heavy atom. The normalized spacial score (nSPS) is 12.7. The number of aryl methyl sites for hydroxylation is 2. The molecular weight excluding hydrogens is 276 g/mol. The molecule has 0 bridgehead atoms. The number of hydrazine groups is 1. The highest BCUT2D eigenvalue weighted by Crippen LogP contribution is 2.29. The molecule has 3 N–H and O–H groups in total. The minimum absolute atomic E-state index is 0.140. The van der Waals surface area contributed by atoms with Gasteiger partial charge in [-0.1, -0.05) is 47.5 Å². The summed E-state index contributed by atoms with van der Waals surface area (Å²) in [5, 5.41) is 3.59. The fraction of sp³-hybridized carbons (Fsp3) is 0.222. The zero-order chi connectivity index (χ0) is 14.8. The predicted octanol–water partition coefficient (Wildman–Crippen LogP) is 4.27. The van der Waals surface area contributed by atoms with E-state index < -0.39 is 0 Å². The SMILES string of the molecule is Cc1cc(C)cc(C(Cc2csc3ccccc23)NN)c1. The molecule has 1 aromatic heterocycles. The first-order valence-electron chi connectivity index (χ1n) is 7.17. The third kappa shape index (κ3) is 3.00. The molecule has 108 valence electrons. The minimum Gasteiger partial charge on any atom is -0.271 e. The zero-order valence-corrected chi connectivity index (χ0v) is 13.2. The van der Waals surface area contributed by atoms with Crippen LogP contribution in [0.3, 0.4) is 0 Å². The minimum atomic E-state index is 0.140. The fourth-order valence-electron chi connectivity index (χ4n) is 2.89. The molecule has 3 aromatic rings. The molecular formula is C18H20N2S. The summed E-state index contributed by atoms with van der Waals surface area (Å²) in [7, 11) is 0. The van der Waals surface area contributed by atoms with E-state index in [2.05, 4.69) is 67.1 Å². The highest BCUT2D eigenvalue weighted by Gasteiger charge is 2.14. The summed E-state index contributed by atoms with van der Waals surface area (Å²) in [6.07, 6.45) is 0.906. The summed E-state index contributed by atoms with van der Waals surface area (Å²) in [6.45, 7) is 4.26. The van der Waals surface area contributed by atoms with Crippen molar-refractivity contribution in [3.8, 4) is 0 Å². The number of hydrogen-bond acceptors (Lipinski definition) is 3. The lowest BCUT2D eigenvalue weighted by atomic mass is 9.96. The van der Waals surface area contributed by atoms with Crippen molar-refractivity contribution in [1.29, 1.82) is 0 Å². The van der Waals surface area contributed by atoms with Gasteiger partial charge in [0.05, 0.1) is 6.04 Å². The van der Waals surface area contributed by atoms with Crippen LogP contribution in [0.5, 0.6) is 0 Å². The molecule has 0 saturated carbocycles. The largest absolute Gasteiger partial charge is 0.271 e. The number of benzene rings is 2. The van der Waals surface area contributed by atoms with Gasteiger partial charge >= 0.3 is 0 Å². The number of rotatable bonds is 4. The maximum absolute atomic E-state index is 5.82. The van der Waals surface area contributed by atoms with Gasteiger partial charge in [-0.2, -0.15) is 0 Å². The van der Waals surface area contributed by atoms with Crippen molar-refractivity contribution in [2.45, 2.75) is 26.3 Å². The van der Waals surface area contributed by atoms with Gasteiger partial charge in [-0.25, -0.2) is 0 Å². The predicted molar refractivity (Wildman–Crippen MR) is 91.5 cm³/mol. The molecule has 0 aliphatic heterocycles. The Morgan fingerprint density at radius 1 is 1.10 bits per heavy atom. The molecule has 0 fully saturated rings. The maximum Gasteiger partial charge on any atom is 0.0500 e. The van der Waals surface area contributed by atoms with E-state index in [1.165, 1.54) is 32.3 Å². The van der Waals surface area contributed by atoms with E-state index in [0.29, 0.717) is 0 Å². The van der Waals surface area contributed by atoms with Crippen LogP contribution in [0.1, 0.15) is 28.3 Å². The molecule has 2 aromatic carbocycles. The Kier molecular flexibility index (Phi) is 4.06. The summed E-state index contributed by atoms with van der Waals surface area (Å²) < 4.78 is 1.34. The Labute approximate surface area is 129 Å². The number of hydrogen-bond donors (Lipinski definition) is 2. The van der Waals surface area contributed by atoms with Crippen LogP contribution in [0.15, 0.2) is 47.8 Å². The molecule has 1 unspecified atom stereocenters. The van der Waals surface area contributed by atoms with Crippen LogP contribution >= 0.6 is 11.3 Å². The monoisotopic (exact) mass is 296 g/mol. The lowest BCUT2D eigenvalue weighted by molar-refractivity contribution is 0.553. The van der Waals surface area contributed by atoms with Crippen LogP contribution in [0.4, 0.5) is 0 Å². The number of thiophene rings is 1. The van der Waals surface area contributed by atoms with E-state index in [-0.39, 0.29) is 6.04 Å². The average molecular weight is 296 g/mol. The molecule has 2 nitrogen and oxygen atoms in total. The number of fused-ring (bicyclic) bond motifs is 1. The summed E-state index contributed by atoms with van der Waals surface area (Å²) in [6, 6.07) is 15.3. The van der Waals surface area contributed by atoms with Gasteiger partial charge in [0.15, 0.2) is 0 Å². The molecule has 1 atom stereocenters.